The number of carbonyl (C=O) groups excluding carboxylic acids is 1. The average Bonchev–Trinajstić information content (AvgIpc) is 2.34. The minimum Gasteiger partial charge on any atom is -0.337 e. The lowest BCUT2D eigenvalue weighted by Crippen LogP contribution is -2.57. The van der Waals surface area contributed by atoms with Gasteiger partial charge in [0.15, 0.2) is 0 Å². The molecule has 0 aromatic rings. The molecule has 2 unspecified atom stereocenters. The molecule has 2 fully saturated rings. The van der Waals surface area contributed by atoms with E-state index < -0.39 is 5.79 Å². The first-order valence-corrected chi connectivity index (χ1v) is 6.35. The van der Waals surface area contributed by atoms with Crippen molar-refractivity contribution in [1.29, 1.82) is 0 Å². The number of Topliss-reactive ketones (excluding diaryl/α,β-unsaturated/α-hetero) is 1. The molecule has 0 radical (unpaired) electrons. The Morgan fingerprint density at radius 1 is 1.24 bits per heavy atom. The molecule has 1 saturated carbocycles. The van der Waals surface area contributed by atoms with Crippen molar-refractivity contribution in [3.63, 3.8) is 0 Å². The highest BCUT2D eigenvalue weighted by molar-refractivity contribution is 5.79. The van der Waals surface area contributed by atoms with Crippen LogP contribution in [-0.4, -0.2) is 23.3 Å². The Morgan fingerprint density at radius 3 is 2.76 bits per heavy atom. The van der Waals surface area contributed by atoms with Crippen LogP contribution in [-0.2, 0) is 19.3 Å². The number of fused-ring (bicyclic) bond motifs is 1. The molecule has 94 valence electrons. The molecule has 0 aromatic carbocycles. The number of carbonyl (C=O) groups is 1. The van der Waals surface area contributed by atoms with Crippen molar-refractivity contribution in [2.45, 2.75) is 62.9 Å². The summed E-state index contributed by atoms with van der Waals surface area (Å²) < 4.78 is 6.08. The van der Waals surface area contributed by atoms with Gasteiger partial charge in [0.1, 0.15) is 17.5 Å². The van der Waals surface area contributed by atoms with Crippen LogP contribution in [0.2, 0.25) is 0 Å². The van der Waals surface area contributed by atoms with Crippen LogP contribution in [0.1, 0.15) is 45.4 Å². The highest BCUT2D eigenvalue weighted by Crippen LogP contribution is 2.43. The highest BCUT2D eigenvalue weighted by atomic mass is 17.2. The summed E-state index contributed by atoms with van der Waals surface area (Å²) in [5, 5.41) is 0. The largest absolute Gasteiger partial charge is 0.337 e. The maximum atomic E-state index is 11.3. The standard InChI is InChI=1S/C13H18O4/c1-12-7-3-2-4-11(12)15-13(17-16-12)8-5-10(14)6-9-13/h2,4,11H,3,5-9H2,1H3. The molecule has 1 spiro atoms. The maximum Gasteiger partial charge on any atom is 0.203 e. The van der Waals surface area contributed by atoms with Crippen molar-refractivity contribution in [3.05, 3.63) is 12.2 Å². The Kier molecular flexibility index (Phi) is 2.61. The molecule has 2 atom stereocenters. The smallest absolute Gasteiger partial charge is 0.203 e. The van der Waals surface area contributed by atoms with Crippen molar-refractivity contribution < 1.29 is 19.3 Å². The predicted octanol–water partition coefficient (Wildman–Crippen LogP) is 2.28. The van der Waals surface area contributed by atoms with Crippen LogP contribution in [0.3, 0.4) is 0 Å². The van der Waals surface area contributed by atoms with Crippen LogP contribution in [0.25, 0.3) is 0 Å². The number of hydrogen-bond donors (Lipinski definition) is 0. The molecule has 4 nitrogen and oxygen atoms in total. The zero-order chi connectivity index (χ0) is 11.9. The Bertz CT molecular complexity index is 352. The molecule has 0 aromatic heterocycles. The SMILES string of the molecule is CC12CCC=CC1OC1(CCC(=O)CC1)OO2. The Balaban J connectivity index is 1.77. The molecule has 0 N–H and O–H groups in total. The van der Waals surface area contributed by atoms with E-state index in [1.165, 1.54) is 0 Å². The fourth-order valence-electron chi connectivity index (χ4n) is 2.72. The fourth-order valence-corrected chi connectivity index (χ4v) is 2.72. The Morgan fingerprint density at radius 2 is 2.00 bits per heavy atom. The van der Waals surface area contributed by atoms with Crippen molar-refractivity contribution in [2.24, 2.45) is 0 Å². The van der Waals surface area contributed by atoms with E-state index in [0.717, 1.165) is 12.8 Å². The summed E-state index contributed by atoms with van der Waals surface area (Å²) in [6.45, 7) is 2.02. The van der Waals surface area contributed by atoms with Gasteiger partial charge in [-0.25, -0.2) is 9.78 Å². The molecule has 1 saturated heterocycles. The molecule has 4 heteroatoms. The summed E-state index contributed by atoms with van der Waals surface area (Å²) in [4.78, 5) is 22.4. The van der Waals surface area contributed by atoms with E-state index >= 15 is 0 Å². The van der Waals surface area contributed by atoms with Gasteiger partial charge in [0.25, 0.3) is 0 Å². The third kappa shape index (κ3) is 1.94. The third-order valence-corrected chi connectivity index (χ3v) is 4.02. The minimum absolute atomic E-state index is 0.0572. The van der Waals surface area contributed by atoms with Gasteiger partial charge in [-0.05, 0) is 19.8 Å². The van der Waals surface area contributed by atoms with Gasteiger partial charge in [-0.1, -0.05) is 12.2 Å². The minimum atomic E-state index is -0.695. The van der Waals surface area contributed by atoms with E-state index in [1.807, 2.05) is 6.92 Å². The number of ketones is 1. The van der Waals surface area contributed by atoms with E-state index in [9.17, 15) is 4.79 Å². The van der Waals surface area contributed by atoms with Crippen LogP contribution in [0.15, 0.2) is 12.2 Å². The van der Waals surface area contributed by atoms with Crippen LogP contribution in [0, 0.1) is 0 Å². The molecule has 2 aliphatic carbocycles. The molecular weight excluding hydrogens is 220 g/mol. The molecule has 3 rings (SSSR count). The van der Waals surface area contributed by atoms with Crippen molar-refractivity contribution in [2.75, 3.05) is 0 Å². The molecule has 0 bridgehead atoms. The molecule has 1 heterocycles. The lowest BCUT2D eigenvalue weighted by molar-refractivity contribution is -0.525. The van der Waals surface area contributed by atoms with Crippen LogP contribution < -0.4 is 0 Å². The summed E-state index contributed by atoms with van der Waals surface area (Å²) >= 11 is 0. The summed E-state index contributed by atoms with van der Waals surface area (Å²) in [5.41, 5.74) is -0.374. The van der Waals surface area contributed by atoms with E-state index in [-0.39, 0.29) is 17.5 Å². The normalized spacial score (nSPS) is 40.3. The lowest BCUT2D eigenvalue weighted by Gasteiger charge is -2.49. The average molecular weight is 238 g/mol. The monoisotopic (exact) mass is 238 g/mol. The maximum absolute atomic E-state index is 11.3. The predicted molar refractivity (Wildman–Crippen MR) is 60.0 cm³/mol. The van der Waals surface area contributed by atoms with Gasteiger partial charge in [0.05, 0.1) is 0 Å². The van der Waals surface area contributed by atoms with Gasteiger partial charge in [0.2, 0.25) is 5.79 Å². The van der Waals surface area contributed by atoms with Gasteiger partial charge in [-0.15, -0.1) is 0 Å². The van der Waals surface area contributed by atoms with Crippen LogP contribution >= 0.6 is 0 Å². The molecule has 0 amide bonds. The van der Waals surface area contributed by atoms with Gasteiger partial charge < -0.3 is 4.74 Å². The summed E-state index contributed by atoms with van der Waals surface area (Å²) in [6, 6.07) is 0. The molecule has 17 heavy (non-hydrogen) atoms. The van der Waals surface area contributed by atoms with Gasteiger partial charge in [-0.3, -0.25) is 4.79 Å². The highest BCUT2D eigenvalue weighted by Gasteiger charge is 2.51. The number of ether oxygens (including phenoxy) is 1. The summed E-state index contributed by atoms with van der Waals surface area (Å²) in [5.74, 6) is -0.407. The topological polar surface area (TPSA) is 44.8 Å². The third-order valence-electron chi connectivity index (χ3n) is 4.02. The number of allylic oxidation sites excluding steroid dienone is 1. The lowest BCUT2D eigenvalue weighted by atomic mass is 9.86. The van der Waals surface area contributed by atoms with Crippen LogP contribution in [0.4, 0.5) is 0 Å². The van der Waals surface area contributed by atoms with Crippen molar-refractivity contribution >= 4 is 5.78 Å². The second-order valence-electron chi connectivity index (χ2n) is 5.43. The van der Waals surface area contributed by atoms with Crippen LogP contribution in [0.5, 0.6) is 0 Å². The zero-order valence-electron chi connectivity index (χ0n) is 10.1. The van der Waals surface area contributed by atoms with E-state index in [4.69, 9.17) is 14.5 Å². The number of rotatable bonds is 0. The second-order valence-corrected chi connectivity index (χ2v) is 5.43. The fraction of sp³-hybridized carbons (Fsp3) is 0.769. The van der Waals surface area contributed by atoms with Gasteiger partial charge in [0, 0.05) is 25.7 Å². The summed E-state index contributed by atoms with van der Waals surface area (Å²) in [6.07, 6.45) is 8.28. The first-order valence-electron chi connectivity index (χ1n) is 6.35. The molecule has 1 aliphatic heterocycles. The molecule has 3 aliphatic rings. The van der Waals surface area contributed by atoms with E-state index in [1.54, 1.807) is 0 Å². The first kappa shape index (κ1) is 11.4. The molecular formula is C13H18O4. The quantitative estimate of drug-likeness (QED) is 0.480. The Labute approximate surface area is 101 Å². The number of hydrogen-bond acceptors (Lipinski definition) is 4. The van der Waals surface area contributed by atoms with Crippen molar-refractivity contribution in [1.82, 2.24) is 0 Å². The van der Waals surface area contributed by atoms with Crippen molar-refractivity contribution in [3.8, 4) is 0 Å². The zero-order valence-corrected chi connectivity index (χ0v) is 10.1. The Hall–Kier alpha value is -0.710. The van der Waals surface area contributed by atoms with Gasteiger partial charge in [-0.2, -0.15) is 0 Å². The second kappa shape index (κ2) is 3.90. The first-order chi connectivity index (χ1) is 8.12. The van der Waals surface area contributed by atoms with Gasteiger partial charge >= 0.3 is 0 Å². The van der Waals surface area contributed by atoms with E-state index in [0.29, 0.717) is 25.7 Å². The van der Waals surface area contributed by atoms with E-state index in [2.05, 4.69) is 12.2 Å². The summed E-state index contributed by atoms with van der Waals surface area (Å²) in [7, 11) is 0.